The molecule has 4 rings (SSSR count). The van der Waals surface area contributed by atoms with Crippen molar-refractivity contribution in [2.45, 2.75) is 57.3 Å². The molecule has 4 heterocycles. The van der Waals surface area contributed by atoms with Gasteiger partial charge in [-0.1, -0.05) is 11.6 Å². The second-order valence-corrected chi connectivity index (χ2v) is 9.87. The van der Waals surface area contributed by atoms with E-state index in [9.17, 15) is 24.2 Å². The molecule has 0 aliphatic carbocycles. The third kappa shape index (κ3) is 3.68. The van der Waals surface area contributed by atoms with Gasteiger partial charge in [-0.3, -0.25) is 14.7 Å². The normalized spacial score (nSPS) is 22.3. The van der Waals surface area contributed by atoms with E-state index in [0.717, 1.165) is 6.20 Å². The summed E-state index contributed by atoms with van der Waals surface area (Å²) >= 11 is 6.02. The maximum Gasteiger partial charge on any atom is 0.407 e. The summed E-state index contributed by atoms with van der Waals surface area (Å²) in [6, 6.07) is 1.26. The highest BCUT2D eigenvalue weighted by Gasteiger charge is 2.44. The van der Waals surface area contributed by atoms with Gasteiger partial charge in [0, 0.05) is 31.2 Å². The van der Waals surface area contributed by atoms with Gasteiger partial charge in [0.25, 0.3) is 5.56 Å². The molecule has 8 nitrogen and oxygen atoms in total. The van der Waals surface area contributed by atoms with Crippen molar-refractivity contribution < 1.29 is 19.4 Å². The van der Waals surface area contributed by atoms with Gasteiger partial charge in [-0.2, -0.15) is 0 Å². The Labute approximate surface area is 183 Å². The minimum absolute atomic E-state index is 0.0291. The monoisotopic (exact) mass is 452 g/mol. The zero-order chi connectivity index (χ0) is 22.7. The van der Waals surface area contributed by atoms with E-state index in [-0.39, 0.29) is 35.2 Å². The molecule has 0 spiro atoms. The number of piperidine rings is 1. The zero-order valence-electron chi connectivity index (χ0n) is 17.7. The van der Waals surface area contributed by atoms with Crippen LogP contribution in [0.15, 0.2) is 17.1 Å². The predicted molar refractivity (Wildman–Crippen MR) is 114 cm³/mol. The Hall–Kier alpha value is -2.23. The highest BCUT2D eigenvalue weighted by atomic mass is 35.5. The lowest BCUT2D eigenvalue weighted by atomic mass is 9.92. The number of β-amino-alcohol motifs (C(OH)–C–C–N with tert-alkyl or cyclic N) is 1. The van der Waals surface area contributed by atoms with Crippen LogP contribution in [0.1, 0.15) is 39.2 Å². The molecule has 2 aliphatic heterocycles. The highest BCUT2D eigenvalue weighted by molar-refractivity contribution is 6.31. The number of hydrogen-bond acceptors (Lipinski definition) is 5. The van der Waals surface area contributed by atoms with E-state index in [1.54, 1.807) is 0 Å². The average Bonchev–Trinajstić information content (AvgIpc) is 2.97. The molecule has 1 saturated heterocycles. The van der Waals surface area contributed by atoms with E-state index in [4.69, 9.17) is 11.6 Å². The molecule has 0 unspecified atom stereocenters. The van der Waals surface area contributed by atoms with Crippen LogP contribution in [0, 0.1) is 5.82 Å². The van der Waals surface area contributed by atoms with Gasteiger partial charge in [-0.05, 0) is 39.7 Å². The molecule has 31 heavy (non-hydrogen) atoms. The molecule has 2 N–H and O–H groups in total. The van der Waals surface area contributed by atoms with Crippen molar-refractivity contribution in [3.63, 3.8) is 0 Å². The van der Waals surface area contributed by atoms with E-state index >= 15 is 0 Å². The number of likely N-dealkylation sites (tertiary alicyclic amines) is 1. The van der Waals surface area contributed by atoms with Gasteiger partial charge in [0.05, 0.1) is 29.3 Å². The number of halogens is 2. The second kappa shape index (κ2) is 7.43. The maximum atomic E-state index is 14.8. The predicted octanol–water partition coefficient (Wildman–Crippen LogP) is 2.63. The van der Waals surface area contributed by atoms with Crippen LogP contribution in [0.25, 0.3) is 11.0 Å². The average molecular weight is 453 g/mol. The molecular weight excluding hydrogens is 427 g/mol. The molecule has 10 heteroatoms. The number of carbonyl (C=O) groups is 1. The van der Waals surface area contributed by atoms with Crippen LogP contribution in [0.2, 0.25) is 5.02 Å². The van der Waals surface area contributed by atoms with Crippen molar-refractivity contribution in [2.24, 2.45) is 0 Å². The lowest BCUT2D eigenvalue weighted by molar-refractivity contribution is -0.0253. The van der Waals surface area contributed by atoms with Gasteiger partial charge < -0.3 is 19.7 Å². The Morgan fingerprint density at radius 2 is 2.03 bits per heavy atom. The minimum atomic E-state index is -1.61. The van der Waals surface area contributed by atoms with Crippen LogP contribution in [0.4, 0.5) is 9.18 Å². The van der Waals surface area contributed by atoms with E-state index in [1.807, 2.05) is 25.7 Å². The third-order valence-corrected chi connectivity index (χ3v) is 6.51. The topological polar surface area (TPSA) is 98.9 Å². The fourth-order valence-electron chi connectivity index (χ4n) is 5.04. The Bertz CT molecular complexity index is 1110. The van der Waals surface area contributed by atoms with Crippen LogP contribution >= 0.6 is 11.6 Å². The summed E-state index contributed by atoms with van der Waals surface area (Å²) in [6.45, 7) is 6.72. The van der Waals surface area contributed by atoms with Crippen molar-refractivity contribution in [1.82, 2.24) is 19.4 Å². The number of aliphatic hydroxyl groups is 1. The standard InChI is InChI=1S/C21H26ClFN4O4/c1-20(2,3)27(19(29)30)12-4-6-25(7-5-12)10-21(31)11-26-17-15(8-13(22)18(26)28)24-9-14(23)16(17)21/h8-9,12,31H,4-7,10-11H2,1-3H3,(H,29,30)/t21-/m1/s1. The summed E-state index contributed by atoms with van der Waals surface area (Å²) in [7, 11) is 0. The van der Waals surface area contributed by atoms with Crippen LogP contribution in [-0.2, 0) is 12.1 Å². The maximum absolute atomic E-state index is 14.8. The molecule has 2 aliphatic rings. The van der Waals surface area contributed by atoms with Gasteiger partial charge in [0.15, 0.2) is 0 Å². The molecule has 0 bridgehead atoms. The molecule has 1 amide bonds. The van der Waals surface area contributed by atoms with Gasteiger partial charge in [0.1, 0.15) is 16.4 Å². The van der Waals surface area contributed by atoms with Crippen LogP contribution in [0.3, 0.4) is 0 Å². The number of nitrogens with zero attached hydrogens (tertiary/aromatic N) is 4. The van der Waals surface area contributed by atoms with Crippen molar-refractivity contribution in [2.75, 3.05) is 19.6 Å². The first-order valence-corrected chi connectivity index (χ1v) is 10.7. The number of pyridine rings is 2. The van der Waals surface area contributed by atoms with Crippen molar-refractivity contribution in [3.05, 3.63) is 39.0 Å². The first-order valence-electron chi connectivity index (χ1n) is 10.3. The smallest absolute Gasteiger partial charge is 0.407 e. The third-order valence-electron chi connectivity index (χ3n) is 6.24. The fourth-order valence-corrected chi connectivity index (χ4v) is 5.25. The molecule has 1 fully saturated rings. The molecule has 0 saturated carbocycles. The van der Waals surface area contributed by atoms with E-state index in [2.05, 4.69) is 4.98 Å². The number of hydrogen-bond donors (Lipinski definition) is 2. The van der Waals surface area contributed by atoms with E-state index < -0.39 is 28.6 Å². The first kappa shape index (κ1) is 22.0. The molecule has 0 radical (unpaired) electrons. The molecular formula is C21H26ClFN4O4. The number of amides is 1. The number of rotatable bonds is 3. The lowest BCUT2D eigenvalue weighted by Gasteiger charge is -2.44. The van der Waals surface area contributed by atoms with Gasteiger partial charge >= 0.3 is 6.09 Å². The lowest BCUT2D eigenvalue weighted by Crippen LogP contribution is -2.55. The Morgan fingerprint density at radius 1 is 1.39 bits per heavy atom. The molecule has 0 aromatic carbocycles. The largest absolute Gasteiger partial charge is 0.465 e. The quantitative estimate of drug-likeness (QED) is 0.742. The van der Waals surface area contributed by atoms with Crippen molar-refractivity contribution in [3.8, 4) is 0 Å². The Morgan fingerprint density at radius 3 is 2.61 bits per heavy atom. The Balaban J connectivity index is 1.57. The summed E-state index contributed by atoms with van der Waals surface area (Å²) in [5, 5.41) is 21.1. The molecule has 168 valence electrons. The summed E-state index contributed by atoms with van der Waals surface area (Å²) < 4.78 is 16.1. The highest BCUT2D eigenvalue weighted by Crippen LogP contribution is 2.39. The minimum Gasteiger partial charge on any atom is -0.465 e. The summed E-state index contributed by atoms with van der Waals surface area (Å²) in [6.07, 6.45) is 1.30. The van der Waals surface area contributed by atoms with Crippen molar-refractivity contribution >= 4 is 28.7 Å². The van der Waals surface area contributed by atoms with Crippen molar-refractivity contribution in [1.29, 1.82) is 0 Å². The fraction of sp³-hybridized carbons (Fsp3) is 0.571. The van der Waals surface area contributed by atoms with E-state index in [0.29, 0.717) is 31.4 Å². The first-order chi connectivity index (χ1) is 14.4. The second-order valence-electron chi connectivity index (χ2n) is 9.46. The van der Waals surface area contributed by atoms with Gasteiger partial charge in [-0.15, -0.1) is 0 Å². The SMILES string of the molecule is CC(C)(C)N(C(=O)O)C1CCN(C[C@@]2(O)Cn3c(=O)c(Cl)cc4ncc(F)c2c43)CC1. The van der Waals surface area contributed by atoms with Crippen LogP contribution < -0.4 is 5.56 Å². The number of carboxylic acid groups (broad SMARTS) is 1. The molecule has 2 aromatic heterocycles. The summed E-state index contributed by atoms with van der Waals surface area (Å²) in [5.74, 6) is -0.664. The van der Waals surface area contributed by atoms with E-state index in [1.165, 1.54) is 15.5 Å². The molecule has 2 aromatic rings. The van der Waals surface area contributed by atoms with Crippen LogP contribution in [0.5, 0.6) is 0 Å². The molecule has 1 atom stereocenters. The van der Waals surface area contributed by atoms with Crippen LogP contribution in [-0.4, -0.2) is 66.9 Å². The van der Waals surface area contributed by atoms with Gasteiger partial charge in [-0.25, -0.2) is 9.18 Å². The summed E-state index contributed by atoms with van der Waals surface area (Å²) in [5.41, 5.74) is -1.91. The zero-order valence-corrected chi connectivity index (χ0v) is 18.5. The summed E-state index contributed by atoms with van der Waals surface area (Å²) in [4.78, 5) is 31.8. The number of aromatic nitrogens is 2. The van der Waals surface area contributed by atoms with Gasteiger partial charge in [0.2, 0.25) is 0 Å². The Kier molecular flexibility index (Phi) is 5.27.